The van der Waals surface area contributed by atoms with Crippen molar-refractivity contribution in [1.29, 1.82) is 0 Å². The fourth-order valence-electron chi connectivity index (χ4n) is 3.03. The summed E-state index contributed by atoms with van der Waals surface area (Å²) >= 11 is 0. The molecule has 2 heterocycles. The highest BCUT2D eigenvalue weighted by molar-refractivity contribution is 5.94. The first-order chi connectivity index (χ1) is 12.3. The Morgan fingerprint density at radius 3 is 2.40 bits per heavy atom. The molecule has 126 valence electrons. The summed E-state index contributed by atoms with van der Waals surface area (Å²) in [6, 6.07) is 17.7. The third-order valence-corrected chi connectivity index (χ3v) is 4.36. The van der Waals surface area contributed by atoms with Crippen LogP contribution in [0.25, 0.3) is 17.1 Å². The number of rotatable bonds is 3. The zero-order valence-corrected chi connectivity index (χ0v) is 13.8. The molecule has 0 spiro atoms. The van der Waals surface area contributed by atoms with Gasteiger partial charge < -0.3 is 9.64 Å². The molecule has 1 saturated heterocycles. The van der Waals surface area contributed by atoms with E-state index in [9.17, 15) is 4.79 Å². The summed E-state index contributed by atoms with van der Waals surface area (Å²) < 4.78 is 7.33. The normalized spacial score (nSPS) is 14.5. The molecule has 0 radical (unpaired) electrons. The van der Waals surface area contributed by atoms with Gasteiger partial charge in [0, 0.05) is 42.3 Å². The number of ether oxygens (including phenoxy) is 1. The summed E-state index contributed by atoms with van der Waals surface area (Å²) in [5, 5.41) is 0. The lowest BCUT2D eigenvalue weighted by molar-refractivity contribution is 0.0303. The lowest BCUT2D eigenvalue weighted by atomic mass is 10.1. The first-order valence-electron chi connectivity index (χ1n) is 8.39. The standard InChI is InChI=1S/C20H19N3O2/c24-20(22-12-14-25-15-13-22)17-6-8-18(9-7-17)23-11-10-21-19(23)16-4-2-1-3-5-16/h1-11H,12-15H2. The predicted octanol–water partition coefficient (Wildman–Crippen LogP) is 3.01. The summed E-state index contributed by atoms with van der Waals surface area (Å²) in [4.78, 5) is 18.8. The van der Waals surface area contributed by atoms with E-state index in [4.69, 9.17) is 4.74 Å². The smallest absolute Gasteiger partial charge is 0.254 e. The Morgan fingerprint density at radius 2 is 1.68 bits per heavy atom. The second kappa shape index (κ2) is 6.91. The van der Waals surface area contributed by atoms with Gasteiger partial charge in [-0.1, -0.05) is 30.3 Å². The molecule has 1 aliphatic heterocycles. The Labute approximate surface area is 146 Å². The van der Waals surface area contributed by atoms with Crippen molar-refractivity contribution in [3.63, 3.8) is 0 Å². The number of carbonyl (C=O) groups is 1. The van der Waals surface area contributed by atoms with Gasteiger partial charge in [-0.2, -0.15) is 0 Å². The fourth-order valence-corrected chi connectivity index (χ4v) is 3.03. The minimum Gasteiger partial charge on any atom is -0.378 e. The largest absolute Gasteiger partial charge is 0.378 e. The molecule has 0 N–H and O–H groups in total. The van der Waals surface area contributed by atoms with Crippen LogP contribution in [0.4, 0.5) is 0 Å². The van der Waals surface area contributed by atoms with Crippen molar-refractivity contribution in [3.8, 4) is 17.1 Å². The summed E-state index contributed by atoms with van der Waals surface area (Å²) in [6.45, 7) is 2.53. The van der Waals surface area contributed by atoms with Crippen molar-refractivity contribution in [2.75, 3.05) is 26.3 Å². The van der Waals surface area contributed by atoms with Gasteiger partial charge in [0.25, 0.3) is 5.91 Å². The van der Waals surface area contributed by atoms with Gasteiger partial charge in [-0.15, -0.1) is 0 Å². The summed E-state index contributed by atoms with van der Waals surface area (Å²) in [5.41, 5.74) is 2.74. The van der Waals surface area contributed by atoms with Crippen molar-refractivity contribution in [2.24, 2.45) is 0 Å². The minimum atomic E-state index is 0.0590. The van der Waals surface area contributed by atoms with Gasteiger partial charge in [0.2, 0.25) is 0 Å². The minimum absolute atomic E-state index is 0.0590. The van der Waals surface area contributed by atoms with Crippen LogP contribution in [0.3, 0.4) is 0 Å². The number of aromatic nitrogens is 2. The van der Waals surface area contributed by atoms with E-state index in [1.165, 1.54) is 0 Å². The molecule has 3 aromatic rings. The second-order valence-electron chi connectivity index (χ2n) is 5.94. The van der Waals surface area contributed by atoms with Gasteiger partial charge in [-0.3, -0.25) is 9.36 Å². The summed E-state index contributed by atoms with van der Waals surface area (Å²) in [5.74, 6) is 0.941. The number of benzene rings is 2. The molecule has 1 fully saturated rings. The molecule has 1 aliphatic rings. The van der Waals surface area contributed by atoms with E-state index >= 15 is 0 Å². The van der Waals surface area contributed by atoms with E-state index in [0.717, 1.165) is 17.1 Å². The molecule has 0 bridgehead atoms. The second-order valence-corrected chi connectivity index (χ2v) is 5.94. The van der Waals surface area contributed by atoms with Crippen molar-refractivity contribution in [1.82, 2.24) is 14.5 Å². The summed E-state index contributed by atoms with van der Waals surface area (Å²) in [7, 11) is 0. The van der Waals surface area contributed by atoms with E-state index in [1.54, 1.807) is 6.20 Å². The van der Waals surface area contributed by atoms with Gasteiger partial charge in [0.1, 0.15) is 5.82 Å². The van der Waals surface area contributed by atoms with Gasteiger partial charge >= 0.3 is 0 Å². The quantitative estimate of drug-likeness (QED) is 0.740. The van der Waals surface area contributed by atoms with Crippen LogP contribution in [0.1, 0.15) is 10.4 Å². The highest BCUT2D eigenvalue weighted by atomic mass is 16.5. The molecule has 1 amide bonds. The van der Waals surface area contributed by atoms with E-state index in [0.29, 0.717) is 31.9 Å². The van der Waals surface area contributed by atoms with Gasteiger partial charge in [-0.25, -0.2) is 4.98 Å². The SMILES string of the molecule is O=C(c1ccc(-n2ccnc2-c2ccccc2)cc1)N1CCOCC1. The van der Waals surface area contributed by atoms with Crippen molar-refractivity contribution in [3.05, 3.63) is 72.6 Å². The lowest BCUT2D eigenvalue weighted by Crippen LogP contribution is -2.40. The molecule has 0 saturated carbocycles. The highest BCUT2D eigenvalue weighted by Crippen LogP contribution is 2.21. The molecule has 0 atom stereocenters. The van der Waals surface area contributed by atoms with Crippen molar-refractivity contribution >= 4 is 5.91 Å². The van der Waals surface area contributed by atoms with Crippen LogP contribution in [-0.2, 0) is 4.74 Å². The Balaban J connectivity index is 1.59. The van der Waals surface area contributed by atoms with Crippen LogP contribution in [0.2, 0.25) is 0 Å². The number of nitrogens with zero attached hydrogens (tertiary/aromatic N) is 3. The number of carbonyl (C=O) groups excluding carboxylic acids is 1. The Morgan fingerprint density at radius 1 is 0.960 bits per heavy atom. The highest BCUT2D eigenvalue weighted by Gasteiger charge is 2.18. The average Bonchev–Trinajstić information content (AvgIpc) is 3.19. The molecular weight excluding hydrogens is 314 g/mol. The van der Waals surface area contributed by atoms with Gasteiger partial charge in [0.05, 0.1) is 13.2 Å². The van der Waals surface area contributed by atoms with Crippen LogP contribution in [-0.4, -0.2) is 46.7 Å². The van der Waals surface area contributed by atoms with E-state index in [1.807, 2.05) is 70.3 Å². The molecular formula is C20H19N3O2. The van der Waals surface area contributed by atoms with E-state index < -0.39 is 0 Å². The molecule has 4 rings (SSSR count). The number of imidazole rings is 1. The topological polar surface area (TPSA) is 47.4 Å². The van der Waals surface area contributed by atoms with Gasteiger partial charge in [-0.05, 0) is 24.3 Å². The molecule has 5 nitrogen and oxygen atoms in total. The van der Waals surface area contributed by atoms with Crippen LogP contribution in [0.15, 0.2) is 67.0 Å². The first-order valence-corrected chi connectivity index (χ1v) is 8.39. The van der Waals surface area contributed by atoms with E-state index in [2.05, 4.69) is 4.98 Å². The Bertz CT molecular complexity index is 850. The van der Waals surface area contributed by atoms with Crippen LogP contribution in [0, 0.1) is 0 Å². The number of hydrogen-bond donors (Lipinski definition) is 0. The average molecular weight is 333 g/mol. The predicted molar refractivity (Wildman–Crippen MR) is 95.7 cm³/mol. The van der Waals surface area contributed by atoms with Crippen LogP contribution in [0.5, 0.6) is 0 Å². The van der Waals surface area contributed by atoms with Crippen molar-refractivity contribution < 1.29 is 9.53 Å². The lowest BCUT2D eigenvalue weighted by Gasteiger charge is -2.26. The first kappa shape index (κ1) is 15.6. The van der Waals surface area contributed by atoms with Crippen LogP contribution >= 0.6 is 0 Å². The van der Waals surface area contributed by atoms with Crippen LogP contribution < -0.4 is 0 Å². The fraction of sp³-hybridized carbons (Fsp3) is 0.200. The van der Waals surface area contributed by atoms with E-state index in [-0.39, 0.29) is 5.91 Å². The maximum Gasteiger partial charge on any atom is 0.254 e. The third kappa shape index (κ3) is 3.19. The summed E-state index contributed by atoms with van der Waals surface area (Å²) in [6.07, 6.45) is 3.72. The molecule has 25 heavy (non-hydrogen) atoms. The molecule has 5 heteroatoms. The zero-order valence-electron chi connectivity index (χ0n) is 13.8. The van der Waals surface area contributed by atoms with Crippen molar-refractivity contribution in [2.45, 2.75) is 0 Å². The molecule has 1 aromatic heterocycles. The number of hydrogen-bond acceptors (Lipinski definition) is 3. The molecule has 2 aromatic carbocycles. The third-order valence-electron chi connectivity index (χ3n) is 4.36. The van der Waals surface area contributed by atoms with Gasteiger partial charge in [0.15, 0.2) is 0 Å². The monoisotopic (exact) mass is 333 g/mol. The molecule has 0 aliphatic carbocycles. The maximum atomic E-state index is 12.5. The maximum absolute atomic E-state index is 12.5. The number of morpholine rings is 1. The number of amides is 1. The Hall–Kier alpha value is -2.92. The Kier molecular flexibility index (Phi) is 4.31. The molecule has 0 unspecified atom stereocenters. The zero-order chi connectivity index (χ0) is 17.1.